The van der Waals surface area contributed by atoms with Crippen molar-refractivity contribution in [2.24, 2.45) is 0 Å². The fourth-order valence-corrected chi connectivity index (χ4v) is 3.21. The molecule has 0 bridgehead atoms. The summed E-state index contributed by atoms with van der Waals surface area (Å²) in [4.78, 5) is 23.9. The number of carbonyl (C=O) groups excluding carboxylic acids is 2. The van der Waals surface area contributed by atoms with Crippen molar-refractivity contribution < 1.29 is 19.9 Å². The molecular formula is C25H29N3O4. The molecule has 2 atom stereocenters. The Kier molecular flexibility index (Phi) is 8.40. The molecule has 1 saturated carbocycles. The molecule has 0 heterocycles. The van der Waals surface area contributed by atoms with Crippen LogP contribution in [-0.2, 0) is 16.1 Å². The molecule has 2 aliphatic rings. The predicted molar refractivity (Wildman–Crippen MR) is 122 cm³/mol. The lowest BCUT2D eigenvalue weighted by atomic mass is 9.97. The number of hydrogen-bond donors (Lipinski definition) is 5. The van der Waals surface area contributed by atoms with Crippen molar-refractivity contribution in [2.75, 3.05) is 0 Å². The number of aliphatic hydroxyl groups excluding tert-OH is 1. The maximum atomic E-state index is 12.3. The fraction of sp³-hybridized carbons (Fsp3) is 0.360. The van der Waals surface area contributed by atoms with Crippen LogP contribution in [0.3, 0.4) is 0 Å². The molecule has 2 aliphatic carbocycles. The van der Waals surface area contributed by atoms with Gasteiger partial charge in [-0.3, -0.25) is 14.8 Å². The molecule has 32 heavy (non-hydrogen) atoms. The van der Waals surface area contributed by atoms with E-state index in [9.17, 15) is 14.7 Å². The van der Waals surface area contributed by atoms with E-state index in [1.165, 1.54) is 30.8 Å². The molecule has 0 aromatic heterocycles. The Morgan fingerprint density at radius 1 is 1.19 bits per heavy atom. The van der Waals surface area contributed by atoms with Crippen LogP contribution in [0, 0.1) is 11.8 Å². The topological polar surface area (TPSA) is 111 Å². The van der Waals surface area contributed by atoms with Gasteiger partial charge in [0.05, 0.1) is 6.10 Å². The van der Waals surface area contributed by atoms with Gasteiger partial charge in [0.25, 0.3) is 5.91 Å². The Morgan fingerprint density at radius 3 is 2.53 bits per heavy atom. The van der Waals surface area contributed by atoms with Crippen LogP contribution in [-0.4, -0.2) is 40.3 Å². The Balaban J connectivity index is 1.51. The minimum atomic E-state index is -1.23. The number of benzene rings is 1. The number of carbonyl (C=O) groups is 2. The van der Waals surface area contributed by atoms with Gasteiger partial charge in [0.1, 0.15) is 6.04 Å². The second kappa shape index (κ2) is 11.4. The van der Waals surface area contributed by atoms with Crippen molar-refractivity contribution in [3.63, 3.8) is 0 Å². The highest BCUT2D eigenvalue weighted by atomic mass is 16.5. The van der Waals surface area contributed by atoms with E-state index in [4.69, 9.17) is 5.21 Å². The van der Waals surface area contributed by atoms with E-state index in [0.717, 1.165) is 17.7 Å². The Labute approximate surface area is 188 Å². The maximum Gasteiger partial charge on any atom is 0.268 e. The van der Waals surface area contributed by atoms with Gasteiger partial charge in [-0.25, -0.2) is 5.48 Å². The molecule has 0 radical (unpaired) electrons. The molecule has 0 saturated heterocycles. The molecule has 7 heteroatoms. The summed E-state index contributed by atoms with van der Waals surface area (Å²) in [7, 11) is 0. The number of allylic oxidation sites excluding steroid dienone is 4. The average molecular weight is 436 g/mol. The fourth-order valence-electron chi connectivity index (χ4n) is 3.21. The molecule has 3 rings (SSSR count). The summed E-state index contributed by atoms with van der Waals surface area (Å²) in [6.07, 6.45) is 9.72. The van der Waals surface area contributed by atoms with E-state index >= 15 is 0 Å². The number of rotatable bonds is 8. The average Bonchev–Trinajstić information content (AvgIpc) is 3.64. The van der Waals surface area contributed by atoms with Gasteiger partial charge in [-0.2, -0.15) is 0 Å². The van der Waals surface area contributed by atoms with Crippen molar-refractivity contribution in [2.45, 2.75) is 57.3 Å². The minimum Gasteiger partial charge on any atom is -0.391 e. The number of hydrogen-bond acceptors (Lipinski definition) is 5. The van der Waals surface area contributed by atoms with E-state index in [-0.39, 0.29) is 0 Å². The van der Waals surface area contributed by atoms with Crippen molar-refractivity contribution in [3.05, 3.63) is 64.8 Å². The second-order valence-electron chi connectivity index (χ2n) is 8.05. The van der Waals surface area contributed by atoms with E-state index in [0.29, 0.717) is 24.5 Å². The Hall–Kier alpha value is -3.18. The third-order valence-electron chi connectivity index (χ3n) is 5.35. The van der Waals surface area contributed by atoms with Gasteiger partial charge in [-0.15, -0.1) is 0 Å². The summed E-state index contributed by atoms with van der Waals surface area (Å²) in [5.74, 6) is 4.78. The largest absolute Gasteiger partial charge is 0.391 e. The molecule has 2 amide bonds. The molecule has 168 valence electrons. The first kappa shape index (κ1) is 23.5. The van der Waals surface area contributed by atoms with Gasteiger partial charge in [0, 0.05) is 23.7 Å². The van der Waals surface area contributed by atoms with Gasteiger partial charge >= 0.3 is 0 Å². The van der Waals surface area contributed by atoms with Crippen LogP contribution in [0.4, 0.5) is 0 Å². The first-order valence-electron chi connectivity index (χ1n) is 10.8. The zero-order valence-corrected chi connectivity index (χ0v) is 18.1. The normalized spacial score (nSPS) is 17.5. The molecule has 7 nitrogen and oxygen atoms in total. The van der Waals surface area contributed by atoms with Crippen LogP contribution in [0.2, 0.25) is 0 Å². The molecule has 1 fully saturated rings. The van der Waals surface area contributed by atoms with Crippen LogP contribution >= 0.6 is 0 Å². The SMILES string of the molecule is C[C@H](O)C(NC(=O)C1=CC=C(C#C/C=C/c2ccc(CNC3CC3)cc2)CC1)C(=O)NO. The van der Waals surface area contributed by atoms with Gasteiger partial charge in [-0.1, -0.05) is 48.3 Å². The van der Waals surface area contributed by atoms with Crippen LogP contribution in [0.5, 0.6) is 0 Å². The van der Waals surface area contributed by atoms with Gasteiger partial charge in [-0.05, 0) is 55.9 Å². The molecule has 0 aliphatic heterocycles. The van der Waals surface area contributed by atoms with E-state index in [1.807, 2.05) is 12.2 Å². The first-order valence-corrected chi connectivity index (χ1v) is 10.8. The highest BCUT2D eigenvalue weighted by Gasteiger charge is 2.26. The van der Waals surface area contributed by atoms with Gasteiger partial charge in [0.15, 0.2) is 0 Å². The maximum absolute atomic E-state index is 12.3. The van der Waals surface area contributed by atoms with E-state index in [1.54, 1.807) is 12.2 Å². The molecular weight excluding hydrogens is 406 g/mol. The summed E-state index contributed by atoms with van der Waals surface area (Å²) >= 11 is 0. The molecule has 1 aromatic rings. The highest BCUT2D eigenvalue weighted by Crippen LogP contribution is 2.20. The predicted octanol–water partition coefficient (Wildman–Crippen LogP) is 1.97. The monoisotopic (exact) mass is 435 g/mol. The third kappa shape index (κ3) is 7.20. The summed E-state index contributed by atoms with van der Waals surface area (Å²) in [6, 6.07) is 7.87. The zero-order chi connectivity index (χ0) is 22.9. The third-order valence-corrected chi connectivity index (χ3v) is 5.35. The molecule has 5 N–H and O–H groups in total. The second-order valence-corrected chi connectivity index (χ2v) is 8.05. The Bertz CT molecular complexity index is 977. The van der Waals surface area contributed by atoms with E-state index < -0.39 is 24.0 Å². The molecule has 1 unspecified atom stereocenters. The van der Waals surface area contributed by atoms with Crippen LogP contribution in [0.15, 0.2) is 53.6 Å². The summed E-state index contributed by atoms with van der Waals surface area (Å²) < 4.78 is 0. The Morgan fingerprint density at radius 2 is 1.94 bits per heavy atom. The van der Waals surface area contributed by atoms with Crippen LogP contribution < -0.4 is 16.1 Å². The first-order chi connectivity index (χ1) is 15.5. The number of nitrogens with one attached hydrogen (secondary N) is 3. The lowest BCUT2D eigenvalue weighted by Crippen LogP contribution is -2.52. The van der Waals surface area contributed by atoms with Crippen LogP contribution in [0.1, 0.15) is 43.7 Å². The summed E-state index contributed by atoms with van der Waals surface area (Å²) in [5.41, 5.74) is 5.20. The smallest absolute Gasteiger partial charge is 0.268 e. The summed E-state index contributed by atoms with van der Waals surface area (Å²) in [5, 5.41) is 24.3. The highest BCUT2D eigenvalue weighted by molar-refractivity contribution is 5.97. The van der Waals surface area contributed by atoms with Crippen molar-refractivity contribution in [1.29, 1.82) is 0 Å². The van der Waals surface area contributed by atoms with E-state index in [2.05, 4.69) is 46.7 Å². The minimum absolute atomic E-state index is 0.460. The molecule has 1 aromatic carbocycles. The number of aliphatic hydroxyl groups is 1. The van der Waals surface area contributed by atoms with Gasteiger partial charge in [0.2, 0.25) is 5.91 Å². The van der Waals surface area contributed by atoms with Crippen molar-refractivity contribution in [3.8, 4) is 11.8 Å². The zero-order valence-electron chi connectivity index (χ0n) is 18.1. The number of hydroxylamine groups is 1. The standard InChI is InChI=1S/C25H29N3O4/c1-17(29)23(25(31)28-32)27-24(30)21-12-10-19(11-13-21)5-3-2-4-18-6-8-20(9-7-18)16-26-22-14-15-22/h2,4,6-10,12,17,22-23,26,29,32H,11,13-16H2,1H3,(H,27,30)(H,28,31)/b4-2+/t17-,23?/m0/s1. The number of amides is 2. The van der Waals surface area contributed by atoms with Gasteiger partial charge < -0.3 is 15.7 Å². The quantitative estimate of drug-likeness (QED) is 0.244. The van der Waals surface area contributed by atoms with Crippen LogP contribution in [0.25, 0.3) is 6.08 Å². The molecule has 0 spiro atoms. The summed E-state index contributed by atoms with van der Waals surface area (Å²) in [6.45, 7) is 2.27. The van der Waals surface area contributed by atoms with Crippen molar-refractivity contribution in [1.82, 2.24) is 16.1 Å². The van der Waals surface area contributed by atoms with Crippen molar-refractivity contribution >= 4 is 17.9 Å². The lowest BCUT2D eigenvalue weighted by molar-refractivity contribution is -0.136. The lowest BCUT2D eigenvalue weighted by Gasteiger charge is -2.20.